The van der Waals surface area contributed by atoms with Gasteiger partial charge in [0.2, 0.25) is 0 Å². The molecule has 0 saturated carbocycles. The van der Waals surface area contributed by atoms with Gasteiger partial charge in [-0.05, 0) is 26.3 Å². The Morgan fingerprint density at radius 1 is 1.21 bits per heavy atom. The monoisotopic (exact) mass is 193 g/mol. The Morgan fingerprint density at radius 2 is 1.79 bits per heavy atom. The highest BCUT2D eigenvalue weighted by Crippen LogP contribution is 2.11. The highest BCUT2D eigenvalue weighted by molar-refractivity contribution is 5.20. The van der Waals surface area contributed by atoms with Gasteiger partial charge >= 0.3 is 0 Å². The van der Waals surface area contributed by atoms with Crippen molar-refractivity contribution in [3.63, 3.8) is 0 Å². The second kappa shape index (κ2) is 4.58. The number of benzene rings is 1. The summed E-state index contributed by atoms with van der Waals surface area (Å²) in [5.74, 6) is 0. The topological polar surface area (TPSA) is 35.2 Å². The minimum Gasteiger partial charge on any atom is -0.370 e. The van der Waals surface area contributed by atoms with E-state index in [0.717, 1.165) is 0 Å². The molecule has 0 aliphatic carbocycles. The molecule has 2 heteroatoms. The minimum absolute atomic E-state index is 0.231. The molecular weight excluding hydrogens is 174 g/mol. The van der Waals surface area contributed by atoms with Crippen LogP contribution in [0, 0.1) is 6.92 Å². The van der Waals surface area contributed by atoms with E-state index in [9.17, 15) is 0 Å². The molecule has 0 aromatic heterocycles. The Bertz CT molecular complexity index is 277. The molecule has 0 bridgehead atoms. The van der Waals surface area contributed by atoms with Crippen molar-refractivity contribution >= 4 is 0 Å². The molecule has 0 radical (unpaired) electrons. The lowest BCUT2D eigenvalue weighted by Crippen LogP contribution is -2.33. The first-order valence-corrected chi connectivity index (χ1v) is 4.93. The third-order valence-corrected chi connectivity index (χ3v) is 2.24. The Balaban J connectivity index is 2.50. The smallest absolute Gasteiger partial charge is 0.0752 e. The van der Waals surface area contributed by atoms with Gasteiger partial charge in [-0.3, -0.25) is 0 Å². The Hall–Kier alpha value is -0.860. The quantitative estimate of drug-likeness (QED) is 0.796. The first-order valence-electron chi connectivity index (χ1n) is 4.93. The molecule has 1 aromatic carbocycles. The van der Waals surface area contributed by atoms with Crippen molar-refractivity contribution in [3.05, 3.63) is 35.4 Å². The second-order valence-electron chi connectivity index (χ2n) is 4.24. The van der Waals surface area contributed by atoms with Gasteiger partial charge in [0.1, 0.15) is 0 Å². The third kappa shape index (κ3) is 3.48. The van der Waals surface area contributed by atoms with E-state index in [-0.39, 0.29) is 5.60 Å². The molecule has 1 aromatic rings. The van der Waals surface area contributed by atoms with Gasteiger partial charge in [-0.15, -0.1) is 0 Å². The van der Waals surface area contributed by atoms with Crippen molar-refractivity contribution in [1.29, 1.82) is 0 Å². The fraction of sp³-hybridized carbons (Fsp3) is 0.500. The summed E-state index contributed by atoms with van der Waals surface area (Å²) in [6.45, 7) is 7.25. The van der Waals surface area contributed by atoms with E-state index in [2.05, 4.69) is 31.2 Å². The molecule has 2 N–H and O–H groups in total. The number of hydrogen-bond donors (Lipinski definition) is 1. The molecule has 0 amide bonds. The third-order valence-electron chi connectivity index (χ3n) is 2.24. The molecule has 0 atom stereocenters. The zero-order valence-electron chi connectivity index (χ0n) is 9.21. The zero-order chi connectivity index (χ0) is 10.6. The van der Waals surface area contributed by atoms with Crippen LogP contribution in [0.15, 0.2) is 24.3 Å². The molecule has 0 aliphatic rings. The van der Waals surface area contributed by atoms with E-state index in [1.807, 2.05) is 13.8 Å². The molecule has 0 spiro atoms. The number of hydrogen-bond acceptors (Lipinski definition) is 2. The first-order chi connectivity index (χ1) is 6.53. The van der Waals surface area contributed by atoms with Crippen LogP contribution in [0.3, 0.4) is 0 Å². The number of rotatable bonds is 4. The summed E-state index contributed by atoms with van der Waals surface area (Å²) in [7, 11) is 0. The van der Waals surface area contributed by atoms with Gasteiger partial charge in [-0.2, -0.15) is 0 Å². The molecule has 0 aliphatic heterocycles. The molecule has 78 valence electrons. The average molecular weight is 193 g/mol. The maximum absolute atomic E-state index is 5.68. The maximum atomic E-state index is 5.68. The van der Waals surface area contributed by atoms with Crippen LogP contribution in [0.1, 0.15) is 25.0 Å². The molecule has 0 unspecified atom stereocenters. The van der Waals surface area contributed by atoms with E-state index in [4.69, 9.17) is 10.5 Å². The van der Waals surface area contributed by atoms with Crippen LogP contribution in [0.4, 0.5) is 0 Å². The predicted octanol–water partition coefficient (Wildman–Crippen LogP) is 2.25. The summed E-state index contributed by atoms with van der Waals surface area (Å²) in [4.78, 5) is 0. The van der Waals surface area contributed by atoms with Crippen LogP contribution in [0.25, 0.3) is 0 Å². The van der Waals surface area contributed by atoms with Crippen LogP contribution < -0.4 is 5.73 Å². The van der Waals surface area contributed by atoms with Crippen molar-refractivity contribution in [2.45, 2.75) is 33.0 Å². The lowest BCUT2D eigenvalue weighted by Gasteiger charge is -2.23. The van der Waals surface area contributed by atoms with E-state index in [1.54, 1.807) is 0 Å². The Morgan fingerprint density at radius 3 is 2.29 bits per heavy atom. The van der Waals surface area contributed by atoms with Crippen LogP contribution in [-0.4, -0.2) is 12.1 Å². The highest BCUT2D eigenvalue weighted by Gasteiger charge is 2.15. The molecule has 1 rings (SSSR count). The predicted molar refractivity (Wildman–Crippen MR) is 59.1 cm³/mol. The summed E-state index contributed by atoms with van der Waals surface area (Å²) in [6, 6.07) is 8.35. The van der Waals surface area contributed by atoms with E-state index in [1.165, 1.54) is 11.1 Å². The summed E-state index contributed by atoms with van der Waals surface area (Å²) in [6.07, 6.45) is 0. The van der Waals surface area contributed by atoms with Crippen molar-refractivity contribution < 1.29 is 4.74 Å². The highest BCUT2D eigenvalue weighted by atomic mass is 16.5. The number of ether oxygens (including phenoxy) is 1. The zero-order valence-corrected chi connectivity index (χ0v) is 9.21. The van der Waals surface area contributed by atoms with Crippen molar-refractivity contribution in [2.75, 3.05) is 6.54 Å². The van der Waals surface area contributed by atoms with Gasteiger partial charge in [-0.1, -0.05) is 29.8 Å². The molecule has 0 saturated heterocycles. The van der Waals surface area contributed by atoms with Crippen LogP contribution in [0.2, 0.25) is 0 Å². The van der Waals surface area contributed by atoms with Crippen LogP contribution in [0.5, 0.6) is 0 Å². The molecule has 0 fully saturated rings. The number of nitrogens with two attached hydrogens (primary N) is 1. The van der Waals surface area contributed by atoms with Gasteiger partial charge in [0.05, 0.1) is 12.2 Å². The Labute approximate surface area is 86.1 Å². The maximum Gasteiger partial charge on any atom is 0.0752 e. The van der Waals surface area contributed by atoms with Crippen molar-refractivity contribution in [3.8, 4) is 0 Å². The summed E-state index contributed by atoms with van der Waals surface area (Å²) < 4.78 is 5.68. The van der Waals surface area contributed by atoms with Gasteiger partial charge in [0, 0.05) is 6.54 Å². The summed E-state index contributed by atoms with van der Waals surface area (Å²) in [5.41, 5.74) is 7.80. The van der Waals surface area contributed by atoms with E-state index >= 15 is 0 Å². The minimum atomic E-state index is -0.231. The number of aryl methyl sites for hydroxylation is 1. The van der Waals surface area contributed by atoms with E-state index < -0.39 is 0 Å². The van der Waals surface area contributed by atoms with Crippen LogP contribution >= 0.6 is 0 Å². The molecule has 0 heterocycles. The van der Waals surface area contributed by atoms with Gasteiger partial charge in [-0.25, -0.2) is 0 Å². The van der Waals surface area contributed by atoms with Gasteiger partial charge in [0.15, 0.2) is 0 Å². The van der Waals surface area contributed by atoms with Crippen LogP contribution in [-0.2, 0) is 11.3 Å². The second-order valence-corrected chi connectivity index (χ2v) is 4.24. The largest absolute Gasteiger partial charge is 0.370 e. The van der Waals surface area contributed by atoms with E-state index in [0.29, 0.717) is 13.2 Å². The molecular formula is C12H19NO. The summed E-state index contributed by atoms with van der Waals surface area (Å²) in [5, 5.41) is 0. The average Bonchev–Trinajstić information content (AvgIpc) is 2.17. The standard InChI is InChI=1S/C12H19NO/c1-10-4-6-11(7-5-10)8-14-12(2,3)9-13/h4-7H,8-9,13H2,1-3H3. The van der Waals surface area contributed by atoms with Gasteiger partial charge in [0.25, 0.3) is 0 Å². The van der Waals surface area contributed by atoms with Crippen molar-refractivity contribution in [2.24, 2.45) is 5.73 Å². The lowest BCUT2D eigenvalue weighted by molar-refractivity contribution is -0.0221. The summed E-state index contributed by atoms with van der Waals surface area (Å²) >= 11 is 0. The molecule has 2 nitrogen and oxygen atoms in total. The normalized spacial score (nSPS) is 11.7. The van der Waals surface area contributed by atoms with Crippen molar-refractivity contribution in [1.82, 2.24) is 0 Å². The fourth-order valence-corrected chi connectivity index (χ4v) is 1.02. The molecule has 14 heavy (non-hydrogen) atoms. The first kappa shape index (κ1) is 11.2. The SMILES string of the molecule is Cc1ccc(COC(C)(C)CN)cc1. The fourth-order valence-electron chi connectivity index (χ4n) is 1.02. The lowest BCUT2D eigenvalue weighted by atomic mass is 10.1. The van der Waals surface area contributed by atoms with Gasteiger partial charge < -0.3 is 10.5 Å². The Kier molecular flexibility index (Phi) is 3.67.